The van der Waals surface area contributed by atoms with Crippen molar-refractivity contribution in [3.63, 3.8) is 0 Å². The van der Waals surface area contributed by atoms with Gasteiger partial charge in [0.15, 0.2) is 5.01 Å². The van der Waals surface area contributed by atoms with Gasteiger partial charge >= 0.3 is 0 Å². The van der Waals surface area contributed by atoms with Gasteiger partial charge in [0, 0.05) is 12.4 Å². The van der Waals surface area contributed by atoms with Crippen molar-refractivity contribution in [3.8, 4) is 6.07 Å². The van der Waals surface area contributed by atoms with Crippen LogP contribution in [0.5, 0.6) is 0 Å². The Morgan fingerprint density at radius 3 is 2.81 bits per heavy atom. The van der Waals surface area contributed by atoms with Crippen LogP contribution in [0.15, 0.2) is 53.9 Å². The van der Waals surface area contributed by atoms with Gasteiger partial charge in [-0.05, 0) is 29.8 Å². The molecule has 6 heteroatoms. The summed E-state index contributed by atoms with van der Waals surface area (Å²) in [6.45, 7) is 0.290. The lowest BCUT2D eigenvalue weighted by molar-refractivity contribution is 0.131. The molecule has 0 aliphatic rings. The van der Waals surface area contributed by atoms with Gasteiger partial charge in [-0.3, -0.25) is 4.98 Å². The first-order valence-electron chi connectivity index (χ1n) is 6.22. The molecule has 2 aromatic heterocycles. The van der Waals surface area contributed by atoms with Gasteiger partial charge in [-0.25, -0.2) is 4.98 Å². The van der Waals surface area contributed by atoms with Crippen LogP contribution in [0.2, 0.25) is 0 Å². The zero-order valence-corrected chi connectivity index (χ0v) is 11.7. The lowest BCUT2D eigenvalue weighted by atomic mass is 10.3. The molecule has 0 unspecified atom stereocenters. The number of para-hydroxylation sites is 1. The zero-order valence-electron chi connectivity index (χ0n) is 10.9. The second-order valence-corrected chi connectivity index (χ2v) is 5.20. The van der Waals surface area contributed by atoms with Crippen molar-refractivity contribution in [2.75, 3.05) is 0 Å². The smallest absolute Gasteiger partial charge is 0.215 e. The number of fused-ring (bicyclic) bond motifs is 1. The van der Waals surface area contributed by atoms with Crippen LogP contribution >= 0.6 is 11.3 Å². The first kappa shape index (κ1) is 13.2. The molecule has 5 nitrogen and oxygen atoms in total. The van der Waals surface area contributed by atoms with Crippen LogP contribution in [0.25, 0.3) is 10.2 Å². The van der Waals surface area contributed by atoms with Gasteiger partial charge in [0.1, 0.15) is 12.7 Å². The molecule has 1 aromatic carbocycles. The number of hydrogen-bond donors (Lipinski definition) is 0. The van der Waals surface area contributed by atoms with Crippen molar-refractivity contribution < 1.29 is 4.84 Å². The molecule has 2 heterocycles. The number of nitriles is 1. The second-order valence-electron chi connectivity index (χ2n) is 4.17. The largest absolute Gasteiger partial charge is 0.390 e. The molecule has 3 aromatic rings. The van der Waals surface area contributed by atoms with E-state index in [4.69, 9.17) is 4.84 Å². The van der Waals surface area contributed by atoms with Crippen LogP contribution in [0.3, 0.4) is 0 Å². The Morgan fingerprint density at radius 2 is 2.05 bits per heavy atom. The topological polar surface area (TPSA) is 71.2 Å². The highest BCUT2D eigenvalue weighted by molar-refractivity contribution is 7.20. The van der Waals surface area contributed by atoms with E-state index in [0.29, 0.717) is 11.6 Å². The monoisotopic (exact) mass is 294 g/mol. The molecular formula is C15H10N4OS. The van der Waals surface area contributed by atoms with Crippen LogP contribution in [0, 0.1) is 11.3 Å². The fourth-order valence-corrected chi connectivity index (χ4v) is 2.63. The summed E-state index contributed by atoms with van der Waals surface area (Å²) in [7, 11) is 0. The Balaban J connectivity index is 1.78. The number of benzene rings is 1. The molecule has 102 valence electrons. The van der Waals surface area contributed by atoms with Crippen LogP contribution in [0.1, 0.15) is 10.6 Å². The highest BCUT2D eigenvalue weighted by Gasteiger charge is 2.10. The highest BCUT2D eigenvalue weighted by Crippen LogP contribution is 2.22. The summed E-state index contributed by atoms with van der Waals surface area (Å²) < 4.78 is 1.02. The molecule has 0 saturated heterocycles. The van der Waals surface area contributed by atoms with Gasteiger partial charge in [-0.2, -0.15) is 5.26 Å². The van der Waals surface area contributed by atoms with Gasteiger partial charge in [0.2, 0.25) is 5.71 Å². The van der Waals surface area contributed by atoms with Crippen LogP contribution < -0.4 is 0 Å². The number of thiazole rings is 1. The van der Waals surface area contributed by atoms with E-state index in [1.807, 2.05) is 42.5 Å². The minimum atomic E-state index is 0.185. The fourth-order valence-electron chi connectivity index (χ4n) is 1.73. The maximum Gasteiger partial charge on any atom is 0.215 e. The summed E-state index contributed by atoms with van der Waals surface area (Å²) in [6.07, 6.45) is 3.36. The molecule has 0 aliphatic heterocycles. The maximum absolute atomic E-state index is 9.20. The third-order valence-electron chi connectivity index (χ3n) is 2.74. The summed E-state index contributed by atoms with van der Waals surface area (Å²) in [5.74, 6) is 0. The van der Waals surface area contributed by atoms with E-state index in [-0.39, 0.29) is 5.71 Å². The lowest BCUT2D eigenvalue weighted by Gasteiger charge is -1.98. The van der Waals surface area contributed by atoms with Gasteiger partial charge in [0.05, 0.1) is 10.2 Å². The van der Waals surface area contributed by atoms with E-state index in [2.05, 4.69) is 15.1 Å². The minimum absolute atomic E-state index is 0.185. The van der Waals surface area contributed by atoms with Crippen molar-refractivity contribution in [1.82, 2.24) is 9.97 Å². The van der Waals surface area contributed by atoms with Gasteiger partial charge in [-0.1, -0.05) is 17.3 Å². The van der Waals surface area contributed by atoms with E-state index in [9.17, 15) is 5.26 Å². The normalized spacial score (nSPS) is 11.3. The van der Waals surface area contributed by atoms with Crippen molar-refractivity contribution in [3.05, 3.63) is 59.4 Å². The predicted octanol–water partition coefficient (Wildman–Crippen LogP) is 3.14. The number of nitrogens with zero attached hydrogens (tertiary/aromatic N) is 4. The van der Waals surface area contributed by atoms with E-state index >= 15 is 0 Å². The minimum Gasteiger partial charge on any atom is -0.390 e. The van der Waals surface area contributed by atoms with Gasteiger partial charge in [-0.15, -0.1) is 11.3 Å². The fraction of sp³-hybridized carbons (Fsp3) is 0.0667. The number of aromatic nitrogens is 2. The molecule has 0 spiro atoms. The molecule has 21 heavy (non-hydrogen) atoms. The molecule has 0 bridgehead atoms. The Kier molecular flexibility index (Phi) is 3.85. The summed E-state index contributed by atoms with van der Waals surface area (Å²) in [5.41, 5.74) is 1.98. The quantitative estimate of drug-likeness (QED) is 0.547. The molecule has 0 N–H and O–H groups in total. The molecule has 0 aliphatic carbocycles. The summed E-state index contributed by atoms with van der Waals surface area (Å²) in [5, 5.41) is 13.6. The van der Waals surface area contributed by atoms with Crippen LogP contribution in [-0.2, 0) is 11.4 Å². The predicted molar refractivity (Wildman–Crippen MR) is 80.8 cm³/mol. The molecule has 0 fully saturated rings. The average molecular weight is 294 g/mol. The molecule has 0 saturated carbocycles. The molecule has 0 atom stereocenters. The first-order chi connectivity index (χ1) is 10.4. The third-order valence-corrected chi connectivity index (χ3v) is 3.78. The zero-order chi connectivity index (χ0) is 14.5. The Labute approximate surface area is 125 Å². The van der Waals surface area contributed by atoms with E-state index in [1.165, 1.54) is 11.3 Å². The van der Waals surface area contributed by atoms with Crippen LogP contribution in [0.4, 0.5) is 0 Å². The average Bonchev–Trinajstić information content (AvgIpc) is 2.96. The third kappa shape index (κ3) is 3.04. The van der Waals surface area contributed by atoms with E-state index in [1.54, 1.807) is 12.4 Å². The summed E-state index contributed by atoms with van der Waals surface area (Å²) in [4.78, 5) is 13.5. The summed E-state index contributed by atoms with van der Waals surface area (Å²) >= 11 is 1.42. The molecule has 0 radical (unpaired) electrons. The molecular weight excluding hydrogens is 284 g/mol. The van der Waals surface area contributed by atoms with E-state index in [0.717, 1.165) is 15.8 Å². The Bertz CT molecular complexity index is 787. The highest BCUT2D eigenvalue weighted by atomic mass is 32.1. The first-order valence-corrected chi connectivity index (χ1v) is 7.03. The Morgan fingerprint density at radius 1 is 1.24 bits per heavy atom. The summed E-state index contributed by atoms with van der Waals surface area (Å²) in [6, 6.07) is 13.4. The second kappa shape index (κ2) is 6.11. The van der Waals surface area contributed by atoms with E-state index < -0.39 is 0 Å². The van der Waals surface area contributed by atoms with Crippen molar-refractivity contribution in [2.24, 2.45) is 5.16 Å². The lowest BCUT2D eigenvalue weighted by Crippen LogP contribution is -1.98. The van der Waals surface area contributed by atoms with Gasteiger partial charge < -0.3 is 4.84 Å². The number of rotatable bonds is 4. The Hall–Kier alpha value is -2.78. The van der Waals surface area contributed by atoms with Crippen molar-refractivity contribution in [1.29, 1.82) is 5.26 Å². The number of oxime groups is 1. The van der Waals surface area contributed by atoms with Crippen molar-refractivity contribution >= 4 is 27.3 Å². The SMILES string of the molecule is N#C/C(=N\OCc1ccncc1)c1nc2ccccc2s1. The van der Waals surface area contributed by atoms with Crippen molar-refractivity contribution in [2.45, 2.75) is 6.61 Å². The number of hydrogen-bond acceptors (Lipinski definition) is 6. The van der Waals surface area contributed by atoms with Gasteiger partial charge in [0.25, 0.3) is 0 Å². The maximum atomic E-state index is 9.20. The number of pyridine rings is 1. The molecule has 0 amide bonds. The standard InChI is InChI=1S/C15H10N4OS/c16-9-13(19-20-10-11-5-7-17-8-6-11)15-18-12-3-1-2-4-14(12)21-15/h1-8H,10H2/b19-13+. The molecule has 3 rings (SSSR count). The van der Waals surface area contributed by atoms with Crippen LogP contribution in [-0.4, -0.2) is 15.7 Å².